The van der Waals surface area contributed by atoms with Crippen molar-refractivity contribution in [3.05, 3.63) is 23.8 Å². The summed E-state index contributed by atoms with van der Waals surface area (Å²) < 4.78 is 10.2. The molecule has 0 fully saturated rings. The number of ether oxygens (including phenoxy) is 2. The number of aliphatic carboxylic acids is 1. The first-order valence-corrected chi connectivity index (χ1v) is 4.76. The van der Waals surface area contributed by atoms with Gasteiger partial charge in [-0.25, -0.2) is 0 Å². The van der Waals surface area contributed by atoms with Crippen molar-refractivity contribution in [2.45, 2.75) is 6.04 Å². The van der Waals surface area contributed by atoms with Gasteiger partial charge in [0.25, 0.3) is 0 Å². The van der Waals surface area contributed by atoms with Crippen molar-refractivity contribution in [2.24, 2.45) is 0 Å². The maximum absolute atomic E-state index is 11.0. The minimum absolute atomic E-state index is 0.515. The Morgan fingerprint density at radius 3 is 2.38 bits per heavy atom. The number of carboxylic acids is 1. The van der Waals surface area contributed by atoms with Crippen molar-refractivity contribution in [2.75, 3.05) is 21.3 Å². The van der Waals surface area contributed by atoms with E-state index >= 15 is 0 Å². The number of hydrogen-bond donors (Lipinski definition) is 2. The third kappa shape index (κ3) is 2.43. The van der Waals surface area contributed by atoms with Gasteiger partial charge in [-0.3, -0.25) is 4.79 Å². The van der Waals surface area contributed by atoms with E-state index in [0.29, 0.717) is 17.1 Å². The summed E-state index contributed by atoms with van der Waals surface area (Å²) in [4.78, 5) is 11.0. The number of carbonyl (C=O) groups is 1. The molecule has 0 aliphatic carbocycles. The summed E-state index contributed by atoms with van der Waals surface area (Å²) in [6, 6.07) is 4.27. The van der Waals surface area contributed by atoms with Gasteiger partial charge in [0.2, 0.25) is 0 Å². The summed E-state index contributed by atoms with van der Waals surface area (Å²) in [6.07, 6.45) is 0. The van der Waals surface area contributed by atoms with Crippen LogP contribution in [0.15, 0.2) is 18.2 Å². The van der Waals surface area contributed by atoms with Gasteiger partial charge in [0.05, 0.1) is 14.2 Å². The van der Waals surface area contributed by atoms with Gasteiger partial charge in [-0.05, 0) is 24.7 Å². The Balaban J connectivity index is 3.11. The molecule has 0 saturated carbocycles. The summed E-state index contributed by atoms with van der Waals surface area (Å²) in [7, 11) is 4.64. The maximum Gasteiger partial charge on any atom is 0.325 e. The Bertz CT molecular complexity index is 378. The van der Waals surface area contributed by atoms with E-state index in [2.05, 4.69) is 5.32 Å². The molecule has 0 aliphatic rings. The van der Waals surface area contributed by atoms with E-state index in [4.69, 9.17) is 14.6 Å². The average molecular weight is 225 g/mol. The van der Waals surface area contributed by atoms with Gasteiger partial charge in [0, 0.05) is 0 Å². The maximum atomic E-state index is 11.0. The molecular weight excluding hydrogens is 210 g/mol. The predicted molar refractivity (Wildman–Crippen MR) is 59.0 cm³/mol. The van der Waals surface area contributed by atoms with Crippen molar-refractivity contribution in [3.63, 3.8) is 0 Å². The fraction of sp³-hybridized carbons (Fsp3) is 0.364. The van der Waals surface area contributed by atoms with Crippen LogP contribution in [0.1, 0.15) is 11.6 Å². The number of hydrogen-bond acceptors (Lipinski definition) is 4. The van der Waals surface area contributed by atoms with Crippen LogP contribution in [0.2, 0.25) is 0 Å². The van der Waals surface area contributed by atoms with Gasteiger partial charge in [-0.1, -0.05) is 6.07 Å². The highest BCUT2D eigenvalue weighted by atomic mass is 16.5. The SMILES string of the molecule is CN[C@@H](C(=O)O)c1ccc(OC)c(OC)c1. The van der Waals surface area contributed by atoms with Gasteiger partial charge < -0.3 is 19.9 Å². The molecule has 2 N–H and O–H groups in total. The van der Waals surface area contributed by atoms with Gasteiger partial charge in [-0.15, -0.1) is 0 Å². The number of rotatable bonds is 5. The smallest absolute Gasteiger partial charge is 0.325 e. The lowest BCUT2D eigenvalue weighted by Crippen LogP contribution is -2.24. The second kappa shape index (κ2) is 5.37. The molecule has 5 heteroatoms. The first-order valence-electron chi connectivity index (χ1n) is 4.76. The normalized spacial score (nSPS) is 11.9. The highest BCUT2D eigenvalue weighted by Crippen LogP contribution is 2.29. The molecule has 0 amide bonds. The number of carboxylic acid groups (broad SMARTS) is 1. The third-order valence-corrected chi connectivity index (χ3v) is 2.28. The van der Waals surface area contributed by atoms with Crippen molar-refractivity contribution < 1.29 is 19.4 Å². The highest BCUT2D eigenvalue weighted by Gasteiger charge is 2.18. The van der Waals surface area contributed by atoms with Crippen LogP contribution < -0.4 is 14.8 Å². The molecule has 88 valence electrons. The fourth-order valence-corrected chi connectivity index (χ4v) is 1.47. The molecule has 16 heavy (non-hydrogen) atoms. The van der Waals surface area contributed by atoms with Gasteiger partial charge in [-0.2, -0.15) is 0 Å². The molecule has 0 unspecified atom stereocenters. The molecule has 1 rings (SSSR count). The van der Waals surface area contributed by atoms with Crippen LogP contribution in [-0.4, -0.2) is 32.3 Å². The molecule has 0 heterocycles. The summed E-state index contributed by atoms with van der Waals surface area (Å²) in [5, 5.41) is 11.7. The van der Waals surface area contributed by atoms with E-state index in [0.717, 1.165) is 0 Å². The highest BCUT2D eigenvalue weighted by molar-refractivity contribution is 5.75. The quantitative estimate of drug-likeness (QED) is 0.784. The number of methoxy groups -OCH3 is 2. The lowest BCUT2D eigenvalue weighted by molar-refractivity contribution is -0.139. The lowest BCUT2D eigenvalue weighted by atomic mass is 10.1. The van der Waals surface area contributed by atoms with Crippen molar-refractivity contribution in [1.29, 1.82) is 0 Å². The molecule has 0 spiro atoms. The molecule has 1 aromatic carbocycles. The lowest BCUT2D eigenvalue weighted by Gasteiger charge is -2.14. The largest absolute Gasteiger partial charge is 0.493 e. The van der Waals surface area contributed by atoms with E-state index < -0.39 is 12.0 Å². The Hall–Kier alpha value is -1.75. The van der Waals surface area contributed by atoms with Crippen LogP contribution in [0, 0.1) is 0 Å². The van der Waals surface area contributed by atoms with Crippen molar-refractivity contribution in [3.8, 4) is 11.5 Å². The minimum Gasteiger partial charge on any atom is -0.493 e. The van der Waals surface area contributed by atoms with Crippen LogP contribution in [-0.2, 0) is 4.79 Å². The summed E-state index contributed by atoms with van der Waals surface area (Å²) >= 11 is 0. The zero-order valence-electron chi connectivity index (χ0n) is 9.48. The van der Waals surface area contributed by atoms with Gasteiger partial charge in [0.1, 0.15) is 6.04 Å². The van der Waals surface area contributed by atoms with E-state index in [1.165, 1.54) is 14.2 Å². The second-order valence-electron chi connectivity index (χ2n) is 3.17. The molecule has 0 saturated heterocycles. The number of benzene rings is 1. The minimum atomic E-state index is -0.935. The van der Waals surface area contributed by atoms with Crippen LogP contribution >= 0.6 is 0 Å². The zero-order valence-corrected chi connectivity index (χ0v) is 9.48. The Kier molecular flexibility index (Phi) is 4.13. The summed E-state index contributed by atoms with van der Waals surface area (Å²) in [5.74, 6) is 0.155. The molecule has 0 aliphatic heterocycles. The van der Waals surface area contributed by atoms with Crippen LogP contribution in [0.3, 0.4) is 0 Å². The van der Waals surface area contributed by atoms with Gasteiger partial charge >= 0.3 is 5.97 Å². The monoisotopic (exact) mass is 225 g/mol. The zero-order chi connectivity index (χ0) is 12.1. The standard InChI is InChI=1S/C11H15NO4/c1-12-10(11(13)14)7-4-5-8(15-2)9(6-7)16-3/h4-6,10,12H,1-3H3,(H,13,14)/t10-/m1/s1. The fourth-order valence-electron chi connectivity index (χ4n) is 1.47. The predicted octanol–water partition coefficient (Wildman–Crippen LogP) is 1.05. The van der Waals surface area contributed by atoms with E-state index in [1.807, 2.05) is 0 Å². The van der Waals surface area contributed by atoms with Crippen LogP contribution in [0.4, 0.5) is 0 Å². The summed E-state index contributed by atoms with van der Waals surface area (Å²) in [6.45, 7) is 0. The Morgan fingerprint density at radius 1 is 1.31 bits per heavy atom. The van der Waals surface area contributed by atoms with Crippen molar-refractivity contribution >= 4 is 5.97 Å². The van der Waals surface area contributed by atoms with Crippen LogP contribution in [0.25, 0.3) is 0 Å². The molecule has 1 aromatic rings. The molecule has 5 nitrogen and oxygen atoms in total. The molecule has 0 bridgehead atoms. The molecule has 0 radical (unpaired) electrons. The number of nitrogens with one attached hydrogen (secondary N) is 1. The van der Waals surface area contributed by atoms with E-state index in [1.54, 1.807) is 25.2 Å². The first kappa shape index (κ1) is 12.3. The Morgan fingerprint density at radius 2 is 1.94 bits per heavy atom. The van der Waals surface area contributed by atoms with Crippen molar-refractivity contribution in [1.82, 2.24) is 5.32 Å². The summed E-state index contributed by atoms with van der Waals surface area (Å²) in [5.41, 5.74) is 0.618. The third-order valence-electron chi connectivity index (χ3n) is 2.28. The Labute approximate surface area is 94.0 Å². The second-order valence-corrected chi connectivity index (χ2v) is 3.17. The average Bonchev–Trinajstić information content (AvgIpc) is 2.29. The van der Waals surface area contributed by atoms with Crippen LogP contribution in [0.5, 0.6) is 11.5 Å². The van der Waals surface area contributed by atoms with E-state index in [-0.39, 0.29) is 0 Å². The topological polar surface area (TPSA) is 67.8 Å². The number of likely N-dealkylation sites (N-methyl/N-ethyl adjacent to an activating group) is 1. The molecule has 0 aromatic heterocycles. The van der Waals surface area contributed by atoms with E-state index in [9.17, 15) is 4.79 Å². The molecular formula is C11H15NO4. The van der Waals surface area contributed by atoms with Gasteiger partial charge in [0.15, 0.2) is 11.5 Å². The first-order chi connectivity index (χ1) is 7.63. The molecule has 1 atom stereocenters.